The van der Waals surface area contributed by atoms with Crippen LogP contribution in [0.1, 0.15) is 24.8 Å². The van der Waals surface area contributed by atoms with Crippen molar-refractivity contribution < 1.29 is 9.47 Å². The molecule has 0 saturated carbocycles. The maximum atomic E-state index is 8.75. The van der Waals surface area contributed by atoms with E-state index in [4.69, 9.17) is 14.7 Å². The molecule has 0 N–H and O–H groups in total. The summed E-state index contributed by atoms with van der Waals surface area (Å²) in [6, 6.07) is 12.5. The van der Waals surface area contributed by atoms with Gasteiger partial charge in [-0.05, 0) is 18.4 Å². The summed E-state index contributed by atoms with van der Waals surface area (Å²) in [6.07, 6.45) is 3.22. The van der Waals surface area contributed by atoms with E-state index in [0.29, 0.717) is 19.8 Å². The highest BCUT2D eigenvalue weighted by Gasteiger charge is 2.42. The zero-order valence-corrected chi connectivity index (χ0v) is 12.3. The molecule has 0 amide bonds. The molecule has 0 radical (unpaired) electrons. The van der Waals surface area contributed by atoms with Crippen molar-refractivity contribution in [3.63, 3.8) is 0 Å². The quantitative estimate of drug-likeness (QED) is 0.797. The Morgan fingerprint density at radius 1 is 1.29 bits per heavy atom. The van der Waals surface area contributed by atoms with Gasteiger partial charge in [-0.2, -0.15) is 5.26 Å². The van der Waals surface area contributed by atoms with Gasteiger partial charge in [0.1, 0.15) is 0 Å². The van der Waals surface area contributed by atoms with Gasteiger partial charge in [0.05, 0.1) is 37.5 Å². The monoisotopic (exact) mass is 286 g/mol. The minimum Gasteiger partial charge on any atom is -0.372 e. The maximum Gasteiger partial charge on any atom is 0.0866 e. The Morgan fingerprint density at radius 3 is 2.76 bits per heavy atom. The van der Waals surface area contributed by atoms with Crippen molar-refractivity contribution >= 4 is 0 Å². The van der Waals surface area contributed by atoms with Gasteiger partial charge in [0, 0.05) is 19.5 Å². The fraction of sp³-hybridized carbons (Fsp3) is 0.588. The third kappa shape index (κ3) is 3.62. The molecule has 2 aliphatic rings. The third-order valence-electron chi connectivity index (χ3n) is 4.57. The van der Waals surface area contributed by atoms with Crippen molar-refractivity contribution in [1.82, 2.24) is 4.90 Å². The minimum absolute atomic E-state index is 0.00664. The molecule has 2 saturated heterocycles. The van der Waals surface area contributed by atoms with Gasteiger partial charge in [0.2, 0.25) is 0 Å². The Morgan fingerprint density at radius 2 is 2.05 bits per heavy atom. The van der Waals surface area contributed by atoms with Gasteiger partial charge in [-0.1, -0.05) is 30.3 Å². The number of rotatable bonds is 4. The molecule has 0 aliphatic carbocycles. The molecule has 4 heteroatoms. The van der Waals surface area contributed by atoms with E-state index in [9.17, 15) is 0 Å². The number of benzene rings is 1. The lowest BCUT2D eigenvalue weighted by Gasteiger charge is -2.37. The topological polar surface area (TPSA) is 45.5 Å². The van der Waals surface area contributed by atoms with E-state index in [-0.39, 0.29) is 11.7 Å². The second-order valence-electron chi connectivity index (χ2n) is 6.05. The van der Waals surface area contributed by atoms with Crippen LogP contribution in [-0.4, -0.2) is 42.8 Å². The summed E-state index contributed by atoms with van der Waals surface area (Å²) in [4.78, 5) is 2.20. The maximum absolute atomic E-state index is 8.75. The number of piperidine rings is 1. The zero-order chi connectivity index (χ0) is 14.5. The van der Waals surface area contributed by atoms with Crippen LogP contribution in [0, 0.1) is 11.3 Å². The smallest absolute Gasteiger partial charge is 0.0866 e. The van der Waals surface area contributed by atoms with Crippen LogP contribution in [-0.2, 0) is 16.1 Å². The molecule has 21 heavy (non-hydrogen) atoms. The predicted octanol–water partition coefficient (Wildman–Crippen LogP) is 2.35. The van der Waals surface area contributed by atoms with E-state index in [1.807, 2.05) is 18.2 Å². The minimum atomic E-state index is -0.00664. The Bertz CT molecular complexity index is 489. The van der Waals surface area contributed by atoms with Gasteiger partial charge in [-0.25, -0.2) is 0 Å². The standard InChI is InChI=1S/C17H22N2O2/c18-8-11-19-9-6-17(7-10-19)12-16(14-21-17)20-13-15-4-2-1-3-5-15/h1-5,16H,6-7,9-14H2/t16-/m1/s1. The summed E-state index contributed by atoms with van der Waals surface area (Å²) >= 11 is 0. The first-order chi connectivity index (χ1) is 10.3. The fourth-order valence-corrected chi connectivity index (χ4v) is 3.26. The predicted molar refractivity (Wildman–Crippen MR) is 79.6 cm³/mol. The highest BCUT2D eigenvalue weighted by atomic mass is 16.6. The molecule has 3 rings (SSSR count). The first kappa shape index (κ1) is 14.5. The second-order valence-corrected chi connectivity index (χ2v) is 6.05. The average Bonchev–Trinajstić information content (AvgIpc) is 2.92. The van der Waals surface area contributed by atoms with E-state index in [1.165, 1.54) is 5.56 Å². The molecule has 0 bridgehead atoms. The first-order valence-electron chi connectivity index (χ1n) is 7.68. The number of likely N-dealkylation sites (tertiary alicyclic amines) is 1. The summed E-state index contributed by atoms with van der Waals surface area (Å²) in [5.74, 6) is 0. The average molecular weight is 286 g/mol. The molecule has 4 nitrogen and oxygen atoms in total. The van der Waals surface area contributed by atoms with Crippen LogP contribution in [0.4, 0.5) is 0 Å². The highest BCUT2D eigenvalue weighted by Crippen LogP contribution is 2.37. The lowest BCUT2D eigenvalue weighted by atomic mass is 9.88. The molecule has 2 fully saturated rings. The largest absolute Gasteiger partial charge is 0.372 e. The molecular formula is C17H22N2O2. The second kappa shape index (κ2) is 6.57. The molecule has 1 aromatic rings. The third-order valence-corrected chi connectivity index (χ3v) is 4.57. The van der Waals surface area contributed by atoms with Crippen LogP contribution in [0.15, 0.2) is 30.3 Å². The van der Waals surface area contributed by atoms with E-state index in [1.54, 1.807) is 0 Å². The van der Waals surface area contributed by atoms with Crippen molar-refractivity contribution in [1.29, 1.82) is 5.26 Å². The van der Waals surface area contributed by atoms with Gasteiger partial charge >= 0.3 is 0 Å². The van der Waals surface area contributed by atoms with Crippen LogP contribution in [0.3, 0.4) is 0 Å². The number of hydrogen-bond donors (Lipinski definition) is 0. The number of hydrogen-bond acceptors (Lipinski definition) is 4. The van der Waals surface area contributed by atoms with Gasteiger partial charge < -0.3 is 9.47 Å². The van der Waals surface area contributed by atoms with Crippen molar-refractivity contribution in [2.75, 3.05) is 26.2 Å². The molecule has 2 aliphatic heterocycles. The molecule has 2 heterocycles. The van der Waals surface area contributed by atoms with Crippen LogP contribution in [0.25, 0.3) is 0 Å². The number of nitrogens with zero attached hydrogens (tertiary/aromatic N) is 2. The highest BCUT2D eigenvalue weighted by molar-refractivity contribution is 5.13. The molecule has 0 unspecified atom stereocenters. The van der Waals surface area contributed by atoms with Gasteiger partial charge in [-0.3, -0.25) is 4.90 Å². The molecular weight excluding hydrogens is 264 g/mol. The molecule has 1 aromatic carbocycles. The Hall–Kier alpha value is -1.41. The normalized spacial score (nSPS) is 25.0. The van der Waals surface area contributed by atoms with Crippen molar-refractivity contribution in [2.24, 2.45) is 0 Å². The fourth-order valence-electron chi connectivity index (χ4n) is 3.26. The Labute approximate surface area is 126 Å². The molecule has 112 valence electrons. The zero-order valence-electron chi connectivity index (χ0n) is 12.3. The lowest BCUT2D eigenvalue weighted by molar-refractivity contribution is -0.0435. The van der Waals surface area contributed by atoms with Crippen LogP contribution in [0.5, 0.6) is 0 Å². The molecule has 1 atom stereocenters. The van der Waals surface area contributed by atoms with Crippen molar-refractivity contribution in [3.05, 3.63) is 35.9 Å². The molecule has 1 spiro atoms. The summed E-state index contributed by atoms with van der Waals surface area (Å²) in [5, 5.41) is 8.75. The van der Waals surface area contributed by atoms with Crippen LogP contribution < -0.4 is 0 Å². The Balaban J connectivity index is 1.46. The summed E-state index contributed by atoms with van der Waals surface area (Å²) in [6.45, 7) is 3.80. The summed E-state index contributed by atoms with van der Waals surface area (Å²) in [5.41, 5.74) is 1.20. The van der Waals surface area contributed by atoms with Gasteiger partial charge in [0.15, 0.2) is 0 Å². The Kier molecular flexibility index (Phi) is 4.54. The molecule has 0 aromatic heterocycles. The number of nitriles is 1. The van der Waals surface area contributed by atoms with E-state index in [2.05, 4.69) is 23.1 Å². The van der Waals surface area contributed by atoms with E-state index in [0.717, 1.165) is 32.4 Å². The van der Waals surface area contributed by atoms with Gasteiger partial charge in [0.25, 0.3) is 0 Å². The van der Waals surface area contributed by atoms with Crippen LogP contribution >= 0.6 is 0 Å². The van der Waals surface area contributed by atoms with Crippen molar-refractivity contribution in [2.45, 2.75) is 37.6 Å². The summed E-state index contributed by atoms with van der Waals surface area (Å²) in [7, 11) is 0. The SMILES string of the molecule is N#CCN1CCC2(CC1)C[C@@H](OCc1ccccc1)CO2. The van der Waals surface area contributed by atoms with Gasteiger partial charge in [-0.15, -0.1) is 0 Å². The van der Waals surface area contributed by atoms with Crippen LogP contribution in [0.2, 0.25) is 0 Å². The summed E-state index contributed by atoms with van der Waals surface area (Å²) < 4.78 is 12.1. The van der Waals surface area contributed by atoms with E-state index < -0.39 is 0 Å². The lowest BCUT2D eigenvalue weighted by Crippen LogP contribution is -2.44. The van der Waals surface area contributed by atoms with E-state index >= 15 is 0 Å². The first-order valence-corrected chi connectivity index (χ1v) is 7.68. The van der Waals surface area contributed by atoms with Crippen molar-refractivity contribution in [3.8, 4) is 6.07 Å². The number of ether oxygens (including phenoxy) is 2.